The van der Waals surface area contributed by atoms with Gasteiger partial charge in [0, 0.05) is 25.2 Å². The fraction of sp³-hybridized carbons (Fsp3) is 0.450. The Morgan fingerprint density at radius 3 is 2.68 bits per heavy atom. The maximum atomic E-state index is 13.0. The molecule has 25 heavy (non-hydrogen) atoms. The molecule has 1 aromatic carbocycles. The molecule has 2 aliphatic heterocycles. The highest BCUT2D eigenvalue weighted by Crippen LogP contribution is 2.29. The van der Waals surface area contributed by atoms with Crippen molar-refractivity contribution in [1.29, 1.82) is 0 Å². The van der Waals surface area contributed by atoms with Gasteiger partial charge < -0.3 is 14.6 Å². The molecule has 2 aromatic rings. The van der Waals surface area contributed by atoms with Gasteiger partial charge in [0.25, 0.3) is 0 Å². The molecule has 132 valence electrons. The van der Waals surface area contributed by atoms with Gasteiger partial charge in [0.2, 0.25) is 0 Å². The predicted octanol–water partition coefficient (Wildman–Crippen LogP) is 3.25. The Labute approximate surface area is 148 Å². The molecule has 2 saturated heterocycles. The Balaban J connectivity index is 1.51. The van der Waals surface area contributed by atoms with Crippen molar-refractivity contribution in [1.82, 2.24) is 15.1 Å². The van der Waals surface area contributed by atoms with E-state index in [-0.39, 0.29) is 12.1 Å². The molecule has 2 aliphatic rings. The van der Waals surface area contributed by atoms with Crippen molar-refractivity contribution >= 4 is 6.03 Å². The highest BCUT2D eigenvalue weighted by Gasteiger charge is 2.36. The number of urea groups is 1. The third-order valence-corrected chi connectivity index (χ3v) is 5.66. The van der Waals surface area contributed by atoms with E-state index >= 15 is 0 Å². The first-order valence-corrected chi connectivity index (χ1v) is 9.08. The zero-order chi connectivity index (χ0) is 17.2. The van der Waals surface area contributed by atoms with E-state index in [1.54, 1.807) is 6.26 Å². The molecule has 1 aromatic heterocycles. The molecule has 0 aliphatic carbocycles. The van der Waals surface area contributed by atoms with Crippen molar-refractivity contribution in [2.24, 2.45) is 0 Å². The van der Waals surface area contributed by atoms with E-state index in [1.807, 2.05) is 47.4 Å². The minimum absolute atomic E-state index is 0.00815. The van der Waals surface area contributed by atoms with Crippen LogP contribution in [0.3, 0.4) is 0 Å². The Kier molecular flexibility index (Phi) is 4.49. The van der Waals surface area contributed by atoms with Crippen molar-refractivity contribution in [3.05, 3.63) is 60.1 Å². The van der Waals surface area contributed by atoms with E-state index in [0.29, 0.717) is 12.1 Å². The van der Waals surface area contributed by atoms with E-state index < -0.39 is 0 Å². The molecule has 0 radical (unpaired) electrons. The van der Waals surface area contributed by atoms with E-state index in [9.17, 15) is 4.79 Å². The van der Waals surface area contributed by atoms with Crippen LogP contribution in [-0.4, -0.2) is 48.1 Å². The molecular weight excluding hydrogens is 314 g/mol. The molecule has 5 nitrogen and oxygen atoms in total. The first-order valence-electron chi connectivity index (χ1n) is 9.08. The summed E-state index contributed by atoms with van der Waals surface area (Å²) in [4.78, 5) is 17.4. The highest BCUT2D eigenvalue weighted by molar-refractivity contribution is 5.75. The van der Waals surface area contributed by atoms with E-state index in [2.05, 4.69) is 17.3 Å². The van der Waals surface area contributed by atoms with Gasteiger partial charge in [0.15, 0.2) is 0 Å². The van der Waals surface area contributed by atoms with Crippen LogP contribution < -0.4 is 5.32 Å². The molecule has 1 N–H and O–H groups in total. The van der Waals surface area contributed by atoms with Gasteiger partial charge in [-0.15, -0.1) is 0 Å². The quantitative estimate of drug-likeness (QED) is 0.934. The van der Waals surface area contributed by atoms with Crippen molar-refractivity contribution < 1.29 is 9.21 Å². The van der Waals surface area contributed by atoms with Crippen LogP contribution in [0.25, 0.3) is 0 Å². The first-order chi connectivity index (χ1) is 12.2. The van der Waals surface area contributed by atoms with Gasteiger partial charge in [-0.1, -0.05) is 30.3 Å². The van der Waals surface area contributed by atoms with Gasteiger partial charge in [-0.2, -0.15) is 0 Å². The standard InChI is InChI=1S/C20H25N3O2/c1-22-16-9-10-17(22)14-23(12-11-16)20(24)21-19(18-8-5-13-25-18)15-6-3-2-4-7-15/h2-8,13,16-17,19H,9-12,14H2,1H3,(H,21,24). The highest BCUT2D eigenvalue weighted by atomic mass is 16.3. The lowest BCUT2D eigenvalue weighted by Crippen LogP contribution is -2.46. The molecule has 3 unspecified atom stereocenters. The van der Waals surface area contributed by atoms with E-state index in [0.717, 1.165) is 30.8 Å². The molecule has 0 saturated carbocycles. The monoisotopic (exact) mass is 339 g/mol. The molecule has 0 spiro atoms. The third-order valence-electron chi connectivity index (χ3n) is 5.66. The number of nitrogens with zero attached hydrogens (tertiary/aromatic N) is 2. The van der Waals surface area contributed by atoms with Crippen molar-refractivity contribution in [2.45, 2.75) is 37.4 Å². The lowest BCUT2D eigenvalue weighted by molar-refractivity contribution is 0.185. The number of likely N-dealkylation sites (tertiary alicyclic amines) is 1. The Morgan fingerprint density at radius 2 is 1.92 bits per heavy atom. The Bertz CT molecular complexity index is 701. The van der Waals surface area contributed by atoms with Crippen LogP contribution in [0.5, 0.6) is 0 Å². The molecule has 4 rings (SSSR count). The number of carbonyl (C=O) groups excluding carboxylic acids is 1. The minimum Gasteiger partial charge on any atom is -0.467 e. The summed E-state index contributed by atoms with van der Waals surface area (Å²) in [5.41, 5.74) is 1.03. The van der Waals surface area contributed by atoms with Gasteiger partial charge in [-0.3, -0.25) is 4.90 Å². The van der Waals surface area contributed by atoms with Crippen LogP contribution in [0.4, 0.5) is 4.79 Å². The first kappa shape index (κ1) is 16.2. The summed E-state index contributed by atoms with van der Waals surface area (Å²) in [5.74, 6) is 0.757. The molecular formula is C20H25N3O2. The maximum absolute atomic E-state index is 13.0. The maximum Gasteiger partial charge on any atom is 0.318 e. The van der Waals surface area contributed by atoms with E-state index in [1.165, 1.54) is 12.8 Å². The molecule has 2 bridgehead atoms. The topological polar surface area (TPSA) is 48.7 Å². The van der Waals surface area contributed by atoms with E-state index in [4.69, 9.17) is 4.42 Å². The number of fused-ring (bicyclic) bond motifs is 2. The number of rotatable bonds is 3. The number of likely N-dealkylation sites (N-methyl/N-ethyl adjacent to an activating group) is 1. The number of amides is 2. The third kappa shape index (κ3) is 3.29. The summed E-state index contributed by atoms with van der Waals surface area (Å²) in [7, 11) is 2.19. The van der Waals surface area contributed by atoms with Crippen LogP contribution in [0.2, 0.25) is 0 Å². The molecule has 3 atom stereocenters. The van der Waals surface area contributed by atoms with Gasteiger partial charge in [0.05, 0.1) is 6.26 Å². The lowest BCUT2D eigenvalue weighted by atomic mass is 10.0. The number of furan rings is 1. The molecule has 3 heterocycles. The smallest absolute Gasteiger partial charge is 0.318 e. The second-order valence-corrected chi connectivity index (χ2v) is 7.09. The minimum atomic E-state index is -0.262. The predicted molar refractivity (Wildman–Crippen MR) is 96.3 cm³/mol. The van der Waals surface area contributed by atoms with Crippen LogP contribution in [-0.2, 0) is 0 Å². The summed E-state index contributed by atoms with van der Waals surface area (Å²) in [6.07, 6.45) is 5.15. The second kappa shape index (κ2) is 6.92. The van der Waals surface area contributed by atoms with Gasteiger partial charge in [-0.05, 0) is 44.0 Å². The van der Waals surface area contributed by atoms with Crippen molar-refractivity contribution in [3.63, 3.8) is 0 Å². The van der Waals surface area contributed by atoms with Crippen molar-refractivity contribution in [3.8, 4) is 0 Å². The Hall–Kier alpha value is -2.27. The number of hydrogen-bond donors (Lipinski definition) is 1. The normalized spacial score (nSPS) is 24.8. The number of hydrogen-bond acceptors (Lipinski definition) is 3. The largest absolute Gasteiger partial charge is 0.467 e. The van der Waals surface area contributed by atoms with Gasteiger partial charge in [0.1, 0.15) is 11.8 Å². The molecule has 5 heteroatoms. The fourth-order valence-corrected chi connectivity index (χ4v) is 4.13. The number of carbonyl (C=O) groups is 1. The summed E-state index contributed by atoms with van der Waals surface area (Å²) < 4.78 is 5.59. The number of nitrogens with one attached hydrogen (secondary N) is 1. The average Bonchev–Trinajstić information content (AvgIpc) is 3.22. The van der Waals surface area contributed by atoms with Crippen molar-refractivity contribution in [2.75, 3.05) is 20.1 Å². The van der Waals surface area contributed by atoms with Crippen LogP contribution >= 0.6 is 0 Å². The molecule has 2 fully saturated rings. The number of benzene rings is 1. The zero-order valence-electron chi connectivity index (χ0n) is 14.6. The second-order valence-electron chi connectivity index (χ2n) is 7.09. The summed E-state index contributed by atoms with van der Waals surface area (Å²) in [6, 6.07) is 14.6. The van der Waals surface area contributed by atoms with Gasteiger partial charge in [-0.25, -0.2) is 4.79 Å². The molecule has 2 amide bonds. The zero-order valence-corrected chi connectivity index (χ0v) is 14.6. The average molecular weight is 339 g/mol. The van der Waals surface area contributed by atoms with Crippen LogP contribution in [0.15, 0.2) is 53.1 Å². The van der Waals surface area contributed by atoms with Crippen LogP contribution in [0, 0.1) is 0 Å². The summed E-state index contributed by atoms with van der Waals surface area (Å²) in [5, 5.41) is 3.18. The fourth-order valence-electron chi connectivity index (χ4n) is 4.13. The SMILES string of the molecule is CN1C2CCC1CN(C(=O)NC(c1ccccc1)c1ccco1)CC2. The van der Waals surface area contributed by atoms with Crippen LogP contribution in [0.1, 0.15) is 36.6 Å². The Morgan fingerprint density at radius 1 is 1.12 bits per heavy atom. The van der Waals surface area contributed by atoms with Gasteiger partial charge >= 0.3 is 6.03 Å². The summed E-state index contributed by atoms with van der Waals surface area (Å²) in [6.45, 7) is 1.62. The lowest BCUT2D eigenvalue weighted by Gasteiger charge is -2.28. The summed E-state index contributed by atoms with van der Waals surface area (Å²) >= 11 is 0.